The summed E-state index contributed by atoms with van der Waals surface area (Å²) in [6.07, 6.45) is 5.41. The van der Waals surface area contributed by atoms with E-state index in [-0.39, 0.29) is 29.1 Å². The topological polar surface area (TPSA) is 114 Å². The second-order valence-electron chi connectivity index (χ2n) is 11.0. The first-order chi connectivity index (χ1) is 21.7. The molecular weight excluding hydrogens is 594 g/mol. The molecule has 0 spiro atoms. The van der Waals surface area contributed by atoms with Gasteiger partial charge in [0, 0.05) is 18.7 Å². The lowest BCUT2D eigenvalue weighted by molar-refractivity contribution is -0.140. The van der Waals surface area contributed by atoms with Crippen LogP contribution >= 0.6 is 0 Å². The van der Waals surface area contributed by atoms with Crippen molar-refractivity contribution in [1.82, 2.24) is 10.2 Å². The van der Waals surface area contributed by atoms with E-state index in [0.29, 0.717) is 23.6 Å². The fourth-order valence-electron chi connectivity index (χ4n) is 5.62. The van der Waals surface area contributed by atoms with E-state index in [2.05, 4.69) is 5.32 Å². The van der Waals surface area contributed by atoms with Gasteiger partial charge >= 0.3 is 0 Å². The molecule has 1 aliphatic rings. The molecule has 1 saturated carbocycles. The van der Waals surface area contributed by atoms with Crippen LogP contribution in [0.25, 0.3) is 0 Å². The number of methoxy groups -OCH3 is 3. The maximum Gasteiger partial charge on any atom is 0.264 e. The summed E-state index contributed by atoms with van der Waals surface area (Å²) < 4.78 is 45.4. The molecule has 0 saturated heterocycles. The van der Waals surface area contributed by atoms with E-state index < -0.39 is 28.5 Å². The van der Waals surface area contributed by atoms with Gasteiger partial charge in [-0.25, -0.2) is 8.42 Å². The van der Waals surface area contributed by atoms with Crippen molar-refractivity contribution in [2.24, 2.45) is 0 Å². The number of rotatable bonds is 14. The molecule has 0 aliphatic heterocycles. The molecule has 0 heterocycles. The Kier molecular flexibility index (Phi) is 11.7. The Hall–Kier alpha value is -4.25. The van der Waals surface area contributed by atoms with Gasteiger partial charge in [0.25, 0.3) is 10.0 Å². The highest BCUT2D eigenvalue weighted by Gasteiger charge is 2.34. The SMILES string of the molecule is CCC(C(=O)NC1CCCCC1)N(Cc1ccc(OC)cc1)C(=O)CN(c1ccccc1)S(=O)(=O)c1ccc(OC)c(OC)c1. The first kappa shape index (κ1) is 33.6. The molecule has 3 aromatic carbocycles. The third-order valence-electron chi connectivity index (χ3n) is 8.12. The molecule has 2 amide bonds. The maximum absolute atomic E-state index is 14.3. The molecule has 11 heteroatoms. The predicted molar refractivity (Wildman–Crippen MR) is 173 cm³/mol. The van der Waals surface area contributed by atoms with Gasteiger partial charge in [-0.05, 0) is 61.2 Å². The molecule has 3 aromatic rings. The van der Waals surface area contributed by atoms with Crippen molar-refractivity contribution in [2.75, 3.05) is 32.2 Å². The maximum atomic E-state index is 14.3. The average Bonchev–Trinajstić information content (AvgIpc) is 3.07. The van der Waals surface area contributed by atoms with E-state index in [1.807, 2.05) is 19.1 Å². The Morgan fingerprint density at radius 2 is 1.53 bits per heavy atom. The molecule has 1 N–H and O–H groups in total. The molecule has 0 radical (unpaired) electrons. The van der Waals surface area contributed by atoms with E-state index in [1.165, 1.54) is 37.3 Å². The van der Waals surface area contributed by atoms with E-state index in [4.69, 9.17) is 14.2 Å². The van der Waals surface area contributed by atoms with E-state index in [9.17, 15) is 18.0 Å². The zero-order valence-electron chi connectivity index (χ0n) is 26.4. The summed E-state index contributed by atoms with van der Waals surface area (Å²) in [5, 5.41) is 3.16. The second-order valence-corrected chi connectivity index (χ2v) is 12.9. The third kappa shape index (κ3) is 8.27. The zero-order chi connectivity index (χ0) is 32.4. The Morgan fingerprint density at radius 3 is 2.13 bits per heavy atom. The number of sulfonamides is 1. The molecule has 242 valence electrons. The summed E-state index contributed by atoms with van der Waals surface area (Å²) in [6, 6.07) is 19.2. The van der Waals surface area contributed by atoms with E-state index >= 15 is 0 Å². The number of ether oxygens (including phenoxy) is 3. The Balaban J connectivity index is 1.71. The minimum atomic E-state index is -4.26. The monoisotopic (exact) mass is 637 g/mol. The summed E-state index contributed by atoms with van der Waals surface area (Å²) in [7, 11) is 0.199. The van der Waals surface area contributed by atoms with E-state index in [0.717, 1.165) is 42.0 Å². The number of hydrogen-bond donors (Lipinski definition) is 1. The quantitative estimate of drug-likeness (QED) is 0.260. The highest BCUT2D eigenvalue weighted by molar-refractivity contribution is 7.92. The predicted octanol–water partition coefficient (Wildman–Crippen LogP) is 5.16. The van der Waals surface area contributed by atoms with Crippen molar-refractivity contribution in [3.8, 4) is 17.2 Å². The fraction of sp³-hybridized carbons (Fsp3) is 0.412. The van der Waals surface area contributed by atoms with Crippen LogP contribution in [-0.4, -0.2) is 65.1 Å². The fourth-order valence-corrected chi connectivity index (χ4v) is 7.05. The molecular formula is C34H43N3O7S. The van der Waals surface area contributed by atoms with Crippen LogP contribution in [0.15, 0.2) is 77.7 Å². The number of anilines is 1. The second kappa shape index (κ2) is 15.7. The van der Waals surface area contributed by atoms with Crippen LogP contribution in [0, 0.1) is 0 Å². The van der Waals surface area contributed by atoms with Crippen LogP contribution in [-0.2, 0) is 26.2 Å². The minimum absolute atomic E-state index is 0.0597. The van der Waals surface area contributed by atoms with Gasteiger partial charge in [0.05, 0.1) is 31.9 Å². The number of carbonyl (C=O) groups excluding carboxylic acids is 2. The molecule has 45 heavy (non-hydrogen) atoms. The van der Waals surface area contributed by atoms with Gasteiger partial charge in [-0.2, -0.15) is 0 Å². The first-order valence-electron chi connectivity index (χ1n) is 15.2. The number of nitrogens with one attached hydrogen (secondary N) is 1. The van der Waals surface area contributed by atoms with Gasteiger partial charge in [-0.1, -0.05) is 56.5 Å². The molecule has 1 aliphatic carbocycles. The third-order valence-corrected chi connectivity index (χ3v) is 9.89. The van der Waals surface area contributed by atoms with Crippen LogP contribution in [0.5, 0.6) is 17.2 Å². The van der Waals surface area contributed by atoms with Crippen LogP contribution in [0.3, 0.4) is 0 Å². The zero-order valence-corrected chi connectivity index (χ0v) is 27.2. The molecule has 4 rings (SSSR count). The normalized spacial score (nSPS) is 14.2. The summed E-state index contributed by atoms with van der Waals surface area (Å²) in [5.41, 5.74) is 1.09. The molecule has 0 bridgehead atoms. The van der Waals surface area contributed by atoms with Gasteiger partial charge in [-0.15, -0.1) is 0 Å². The lowest BCUT2D eigenvalue weighted by atomic mass is 9.95. The van der Waals surface area contributed by atoms with Crippen molar-refractivity contribution < 1.29 is 32.2 Å². The lowest BCUT2D eigenvalue weighted by Crippen LogP contribution is -2.54. The van der Waals surface area contributed by atoms with Crippen LogP contribution < -0.4 is 23.8 Å². The molecule has 1 fully saturated rings. The molecule has 0 aromatic heterocycles. The van der Waals surface area contributed by atoms with Gasteiger partial charge < -0.3 is 24.4 Å². The Bertz CT molecular complexity index is 1530. The molecule has 10 nitrogen and oxygen atoms in total. The molecule has 1 atom stereocenters. The minimum Gasteiger partial charge on any atom is -0.497 e. The number of amides is 2. The summed E-state index contributed by atoms with van der Waals surface area (Å²) in [6.45, 7) is 1.44. The van der Waals surface area contributed by atoms with Crippen LogP contribution in [0.4, 0.5) is 5.69 Å². The first-order valence-corrected chi connectivity index (χ1v) is 16.7. The summed E-state index contributed by atoms with van der Waals surface area (Å²) in [5.74, 6) is 0.531. The largest absolute Gasteiger partial charge is 0.497 e. The average molecular weight is 638 g/mol. The smallest absolute Gasteiger partial charge is 0.264 e. The van der Waals surface area contributed by atoms with Crippen molar-refractivity contribution in [3.63, 3.8) is 0 Å². The lowest BCUT2D eigenvalue weighted by Gasteiger charge is -2.34. The Labute approximate surface area is 266 Å². The van der Waals surface area contributed by atoms with E-state index in [1.54, 1.807) is 49.6 Å². The van der Waals surface area contributed by atoms with Crippen molar-refractivity contribution in [3.05, 3.63) is 78.4 Å². The van der Waals surface area contributed by atoms with Gasteiger partial charge in [0.15, 0.2) is 11.5 Å². The number of nitrogens with zero attached hydrogens (tertiary/aromatic N) is 2. The highest BCUT2D eigenvalue weighted by Crippen LogP contribution is 2.32. The van der Waals surface area contributed by atoms with Gasteiger partial charge in [0.1, 0.15) is 18.3 Å². The Morgan fingerprint density at radius 1 is 0.867 bits per heavy atom. The number of para-hydroxylation sites is 1. The van der Waals surface area contributed by atoms with Gasteiger partial charge in [0.2, 0.25) is 11.8 Å². The van der Waals surface area contributed by atoms with Crippen molar-refractivity contribution in [1.29, 1.82) is 0 Å². The van der Waals surface area contributed by atoms with Crippen molar-refractivity contribution >= 4 is 27.5 Å². The van der Waals surface area contributed by atoms with Crippen LogP contribution in [0.2, 0.25) is 0 Å². The summed E-state index contributed by atoms with van der Waals surface area (Å²) in [4.78, 5) is 29.4. The summed E-state index contributed by atoms with van der Waals surface area (Å²) >= 11 is 0. The van der Waals surface area contributed by atoms with Gasteiger partial charge in [-0.3, -0.25) is 13.9 Å². The number of benzene rings is 3. The van der Waals surface area contributed by atoms with Crippen molar-refractivity contribution in [2.45, 2.75) is 69.0 Å². The highest BCUT2D eigenvalue weighted by atomic mass is 32.2. The standard InChI is InChI=1S/C34H43N3O7S/c1-5-30(34(39)35-26-12-8-6-9-13-26)36(23-25-16-18-28(42-2)19-17-25)33(38)24-37(27-14-10-7-11-15-27)45(40,41)29-20-21-31(43-3)32(22-29)44-4/h7,10-11,14-22,26,30H,5-6,8-9,12-13,23-24H2,1-4H3,(H,35,39). The number of carbonyl (C=O) groups is 2. The van der Waals surface area contributed by atoms with Crippen LogP contribution in [0.1, 0.15) is 51.0 Å². The molecule has 1 unspecified atom stereocenters. The number of hydrogen-bond acceptors (Lipinski definition) is 7.